The SMILES string of the molecule is CC(c1ccccc1)[P+](c1ccccc1)(c1ccccc1)c1ccccc1.[Cl-]. The molecule has 4 aromatic carbocycles. The molecule has 1 atom stereocenters. The first-order valence-corrected chi connectivity index (χ1v) is 11.3. The van der Waals surface area contributed by atoms with Crippen molar-refractivity contribution < 1.29 is 12.4 Å². The first kappa shape index (κ1) is 20.3. The number of rotatable bonds is 5. The summed E-state index contributed by atoms with van der Waals surface area (Å²) in [6.07, 6.45) is 0. The Bertz CT molecular complexity index is 873. The molecule has 2 heteroatoms. The summed E-state index contributed by atoms with van der Waals surface area (Å²) in [5.74, 6) is 0. The van der Waals surface area contributed by atoms with Gasteiger partial charge in [-0.15, -0.1) is 0 Å². The van der Waals surface area contributed by atoms with Gasteiger partial charge in [-0.25, -0.2) is 0 Å². The molecule has 0 aromatic heterocycles. The second-order valence-corrected chi connectivity index (χ2v) is 10.6. The predicted octanol–water partition coefficient (Wildman–Crippen LogP) is 2.75. The van der Waals surface area contributed by atoms with Gasteiger partial charge in [0.05, 0.1) is 0 Å². The molecule has 0 N–H and O–H groups in total. The van der Waals surface area contributed by atoms with Gasteiger partial charge in [0.25, 0.3) is 0 Å². The normalized spacial score (nSPS) is 12.0. The van der Waals surface area contributed by atoms with Crippen molar-refractivity contribution >= 4 is 23.2 Å². The molecule has 0 nitrogen and oxygen atoms in total. The molecule has 28 heavy (non-hydrogen) atoms. The van der Waals surface area contributed by atoms with Gasteiger partial charge in [0.1, 0.15) is 28.8 Å². The molecule has 0 aliphatic heterocycles. The van der Waals surface area contributed by atoms with Crippen LogP contribution in [-0.2, 0) is 0 Å². The second kappa shape index (κ2) is 9.20. The summed E-state index contributed by atoms with van der Waals surface area (Å²) in [6.45, 7) is 2.40. The van der Waals surface area contributed by atoms with E-state index in [1.54, 1.807) is 0 Å². The zero-order chi connectivity index (χ0) is 18.5. The zero-order valence-electron chi connectivity index (χ0n) is 15.9. The lowest BCUT2D eigenvalue weighted by Crippen LogP contribution is -3.00. The van der Waals surface area contributed by atoms with E-state index in [9.17, 15) is 0 Å². The van der Waals surface area contributed by atoms with Crippen molar-refractivity contribution in [3.05, 3.63) is 127 Å². The Balaban J connectivity index is 0.00000225. The Labute approximate surface area is 175 Å². The lowest BCUT2D eigenvalue weighted by Gasteiger charge is -2.33. The molecule has 0 aliphatic carbocycles. The molecule has 0 saturated heterocycles. The van der Waals surface area contributed by atoms with Crippen LogP contribution in [0.25, 0.3) is 0 Å². The van der Waals surface area contributed by atoms with Crippen LogP contribution in [0.5, 0.6) is 0 Å². The fraction of sp³-hybridized carbons (Fsp3) is 0.0769. The lowest BCUT2D eigenvalue weighted by atomic mass is 10.2. The molecule has 0 bridgehead atoms. The van der Waals surface area contributed by atoms with Crippen LogP contribution >= 0.6 is 7.26 Å². The van der Waals surface area contributed by atoms with E-state index >= 15 is 0 Å². The molecular formula is C26H24ClP. The van der Waals surface area contributed by atoms with Gasteiger partial charge >= 0.3 is 0 Å². The van der Waals surface area contributed by atoms with E-state index in [2.05, 4.69) is 128 Å². The number of hydrogen-bond donors (Lipinski definition) is 0. The largest absolute Gasteiger partial charge is 1.00 e. The lowest BCUT2D eigenvalue weighted by molar-refractivity contribution is -0.00000522. The highest BCUT2D eigenvalue weighted by atomic mass is 35.5. The van der Waals surface area contributed by atoms with E-state index in [1.807, 2.05) is 0 Å². The van der Waals surface area contributed by atoms with Crippen molar-refractivity contribution in [3.8, 4) is 0 Å². The zero-order valence-corrected chi connectivity index (χ0v) is 17.6. The summed E-state index contributed by atoms with van der Waals surface area (Å²) < 4.78 is 0. The van der Waals surface area contributed by atoms with E-state index in [1.165, 1.54) is 21.5 Å². The van der Waals surface area contributed by atoms with Gasteiger partial charge < -0.3 is 12.4 Å². The predicted molar refractivity (Wildman–Crippen MR) is 120 cm³/mol. The molecule has 0 radical (unpaired) electrons. The Kier molecular flexibility index (Phi) is 6.68. The summed E-state index contributed by atoms with van der Waals surface area (Å²) in [5, 5.41) is 4.29. The smallest absolute Gasteiger partial charge is 0.119 e. The van der Waals surface area contributed by atoms with Crippen LogP contribution in [0.2, 0.25) is 0 Å². The van der Waals surface area contributed by atoms with Gasteiger partial charge in [-0.3, -0.25) is 0 Å². The Morgan fingerprint density at radius 1 is 0.464 bits per heavy atom. The molecule has 0 aliphatic rings. The van der Waals surface area contributed by atoms with Gasteiger partial charge in [-0.1, -0.05) is 84.9 Å². The molecule has 0 spiro atoms. The summed E-state index contributed by atoms with van der Waals surface area (Å²) in [7, 11) is -1.87. The third-order valence-electron chi connectivity index (χ3n) is 5.35. The van der Waals surface area contributed by atoms with E-state index in [-0.39, 0.29) is 12.4 Å². The molecule has 1 unspecified atom stereocenters. The van der Waals surface area contributed by atoms with Crippen LogP contribution in [0.4, 0.5) is 0 Å². The van der Waals surface area contributed by atoms with Gasteiger partial charge in [-0.05, 0) is 48.9 Å². The van der Waals surface area contributed by atoms with E-state index in [0.29, 0.717) is 5.66 Å². The third kappa shape index (κ3) is 3.63. The van der Waals surface area contributed by atoms with Gasteiger partial charge in [0, 0.05) is 0 Å². The van der Waals surface area contributed by atoms with Crippen molar-refractivity contribution in [2.75, 3.05) is 0 Å². The average molecular weight is 403 g/mol. The van der Waals surface area contributed by atoms with Crippen LogP contribution in [0, 0.1) is 0 Å². The number of halogens is 1. The molecule has 0 saturated carbocycles. The van der Waals surface area contributed by atoms with E-state index in [4.69, 9.17) is 0 Å². The molecule has 4 rings (SSSR count). The molecule has 0 amide bonds. The highest BCUT2D eigenvalue weighted by Crippen LogP contribution is 2.66. The molecular weight excluding hydrogens is 379 g/mol. The minimum Gasteiger partial charge on any atom is -1.00 e. The highest BCUT2D eigenvalue weighted by Gasteiger charge is 2.50. The topological polar surface area (TPSA) is 0 Å². The quantitative estimate of drug-likeness (QED) is 0.450. The van der Waals surface area contributed by atoms with Gasteiger partial charge in [0.2, 0.25) is 0 Å². The fourth-order valence-electron chi connectivity index (χ4n) is 4.06. The summed E-state index contributed by atoms with van der Waals surface area (Å²) >= 11 is 0. The number of hydrogen-bond acceptors (Lipinski definition) is 0. The first-order chi connectivity index (χ1) is 13.3. The van der Waals surface area contributed by atoms with E-state index < -0.39 is 7.26 Å². The summed E-state index contributed by atoms with van der Waals surface area (Å²) in [4.78, 5) is 0. The van der Waals surface area contributed by atoms with Crippen LogP contribution in [0.1, 0.15) is 18.1 Å². The minimum absolute atomic E-state index is 0. The van der Waals surface area contributed by atoms with Crippen LogP contribution in [-0.4, -0.2) is 0 Å². The van der Waals surface area contributed by atoms with Crippen molar-refractivity contribution in [1.29, 1.82) is 0 Å². The highest BCUT2D eigenvalue weighted by molar-refractivity contribution is 7.95. The molecule has 140 valence electrons. The second-order valence-electron chi connectivity index (χ2n) is 6.82. The number of benzene rings is 4. The standard InChI is InChI=1S/C26H24P.ClH/c1-22(23-14-6-2-7-15-23)27(24-16-8-3-9-17-24,25-18-10-4-11-19-25)26-20-12-5-13-21-26;/h2-22H,1H3;1H/q+1;/p-1. The molecule has 0 fully saturated rings. The van der Waals surface area contributed by atoms with E-state index in [0.717, 1.165) is 0 Å². The Hall–Kier alpha value is -2.40. The van der Waals surface area contributed by atoms with Crippen molar-refractivity contribution in [1.82, 2.24) is 0 Å². The summed E-state index contributed by atoms with van der Waals surface area (Å²) in [6, 6.07) is 44.2. The van der Waals surface area contributed by atoms with Crippen molar-refractivity contribution in [3.63, 3.8) is 0 Å². The Morgan fingerprint density at radius 2 is 0.750 bits per heavy atom. The maximum atomic E-state index is 2.40. The van der Waals surface area contributed by atoms with Crippen LogP contribution < -0.4 is 28.3 Å². The molecule has 4 aromatic rings. The van der Waals surface area contributed by atoms with Gasteiger partial charge in [-0.2, -0.15) is 0 Å². The fourth-order valence-corrected chi connectivity index (χ4v) is 8.85. The van der Waals surface area contributed by atoms with Crippen molar-refractivity contribution in [2.24, 2.45) is 0 Å². The molecule has 0 heterocycles. The summed E-state index contributed by atoms with van der Waals surface area (Å²) in [5.41, 5.74) is 1.77. The third-order valence-corrected chi connectivity index (χ3v) is 10.2. The van der Waals surface area contributed by atoms with Crippen molar-refractivity contribution in [2.45, 2.75) is 12.6 Å². The van der Waals surface area contributed by atoms with Crippen LogP contribution in [0.15, 0.2) is 121 Å². The Morgan fingerprint density at radius 3 is 1.07 bits per heavy atom. The minimum atomic E-state index is -1.87. The van der Waals surface area contributed by atoms with Gasteiger partial charge in [0.15, 0.2) is 0 Å². The first-order valence-electron chi connectivity index (χ1n) is 9.44. The van der Waals surface area contributed by atoms with Crippen LogP contribution in [0.3, 0.4) is 0 Å². The maximum absolute atomic E-state index is 2.40. The maximum Gasteiger partial charge on any atom is 0.119 e. The average Bonchev–Trinajstić information content (AvgIpc) is 2.77. The monoisotopic (exact) mass is 402 g/mol.